The third kappa shape index (κ3) is 67.7. The van der Waals surface area contributed by atoms with Gasteiger partial charge in [0, 0.05) is 12.8 Å². The van der Waals surface area contributed by atoms with Crippen LogP contribution in [0.25, 0.3) is 0 Å². The van der Waals surface area contributed by atoms with Crippen molar-refractivity contribution in [3.05, 3.63) is 12.2 Å². The number of carbonyl (C=O) groups excluding carboxylic acids is 2. The Labute approximate surface area is 514 Å². The van der Waals surface area contributed by atoms with Crippen molar-refractivity contribution in [3.63, 3.8) is 0 Å². The fraction of sp³-hybridized carbons (Fsp3) is 0.947. The van der Waals surface area contributed by atoms with Crippen molar-refractivity contribution in [2.75, 3.05) is 13.2 Å². The fourth-order valence-corrected chi connectivity index (χ4v) is 12.3. The number of hydrogen-bond donors (Lipinski definition) is 3. The van der Waals surface area contributed by atoms with E-state index in [0.717, 1.165) is 44.9 Å². The largest absolute Gasteiger partial charge is 0.466 e. The lowest BCUT2D eigenvalue weighted by atomic mass is 10.0. The van der Waals surface area contributed by atoms with E-state index < -0.39 is 12.1 Å². The smallest absolute Gasteiger partial charge is 0.305 e. The van der Waals surface area contributed by atoms with E-state index in [0.29, 0.717) is 25.9 Å². The topological polar surface area (TPSA) is 95.9 Å². The Morgan fingerprint density at radius 3 is 0.866 bits per heavy atom. The first-order valence-electron chi connectivity index (χ1n) is 37.9. The summed E-state index contributed by atoms with van der Waals surface area (Å²) in [4.78, 5) is 24.7. The number of amides is 1. The molecule has 0 aliphatic rings. The third-order valence-corrected chi connectivity index (χ3v) is 18.1. The summed E-state index contributed by atoms with van der Waals surface area (Å²) in [6.45, 7) is 5.00. The van der Waals surface area contributed by atoms with Crippen LogP contribution in [0.3, 0.4) is 0 Å². The van der Waals surface area contributed by atoms with Gasteiger partial charge in [0.15, 0.2) is 0 Å². The van der Waals surface area contributed by atoms with Crippen LogP contribution in [0.4, 0.5) is 0 Å². The van der Waals surface area contributed by atoms with Crippen LogP contribution < -0.4 is 5.32 Å². The summed E-state index contributed by atoms with van der Waals surface area (Å²) < 4.78 is 5.51. The van der Waals surface area contributed by atoms with Crippen LogP contribution in [-0.4, -0.2) is 47.4 Å². The summed E-state index contributed by atoms with van der Waals surface area (Å²) in [6.07, 6.45) is 89.9. The minimum atomic E-state index is -0.663. The minimum Gasteiger partial charge on any atom is -0.466 e. The lowest BCUT2D eigenvalue weighted by Crippen LogP contribution is -2.45. The van der Waals surface area contributed by atoms with Gasteiger partial charge >= 0.3 is 5.97 Å². The SMILES string of the molecule is CCCCCCCCC/C=C\CCCCCCCCCC(=O)OCCCCCCCCCCCCCCCCCCCCCCCCCCCCCC(=O)NC(CO)C(O)CCCCCCCCCCCCCCCCCCCCCC. The molecule has 0 aromatic heterocycles. The average molecular weight is 1160 g/mol. The van der Waals surface area contributed by atoms with Crippen LogP contribution >= 0.6 is 0 Å². The Kier molecular flexibility index (Phi) is 70.8. The number of aliphatic hydroxyl groups excluding tert-OH is 2. The van der Waals surface area contributed by atoms with Gasteiger partial charge in [0.1, 0.15) is 0 Å². The van der Waals surface area contributed by atoms with Crippen LogP contribution in [0.1, 0.15) is 438 Å². The van der Waals surface area contributed by atoms with Crippen molar-refractivity contribution in [2.24, 2.45) is 0 Å². The summed E-state index contributed by atoms with van der Waals surface area (Å²) in [5, 5.41) is 23.4. The zero-order chi connectivity index (χ0) is 59.2. The Hall–Kier alpha value is -1.40. The molecule has 0 heterocycles. The van der Waals surface area contributed by atoms with E-state index in [4.69, 9.17) is 4.74 Å². The molecule has 0 aromatic rings. The average Bonchev–Trinajstić information content (AvgIpc) is 3.48. The molecule has 0 saturated carbocycles. The first-order chi connectivity index (χ1) is 40.5. The number of nitrogens with one attached hydrogen (secondary N) is 1. The second-order valence-corrected chi connectivity index (χ2v) is 26.3. The van der Waals surface area contributed by atoms with Gasteiger partial charge in [-0.15, -0.1) is 0 Å². The number of esters is 1. The van der Waals surface area contributed by atoms with E-state index in [1.54, 1.807) is 0 Å². The van der Waals surface area contributed by atoms with Crippen LogP contribution in [0.15, 0.2) is 12.2 Å². The Morgan fingerprint density at radius 2 is 0.573 bits per heavy atom. The predicted molar refractivity (Wildman–Crippen MR) is 361 cm³/mol. The first-order valence-corrected chi connectivity index (χ1v) is 37.9. The van der Waals surface area contributed by atoms with Gasteiger partial charge in [0.05, 0.1) is 25.4 Å². The standard InChI is InChI=1S/C76H149NO5/c1-3-5-7-9-11-13-15-17-19-21-23-33-36-40-44-48-52-56-60-64-68-74(79)73(72-78)77-75(80)69-65-61-57-53-49-45-41-37-34-31-29-27-25-24-26-28-30-32-35-39-43-47-51-55-59-63-67-71-82-76(81)70-66-62-58-54-50-46-42-38-22-20-18-16-14-12-10-8-6-4-2/h20,22,73-74,78-79H,3-19,21,23-72H2,1-2H3,(H,77,80)/b22-20-. The highest BCUT2D eigenvalue weighted by Gasteiger charge is 2.20. The van der Waals surface area contributed by atoms with Crippen molar-refractivity contribution in [2.45, 2.75) is 450 Å². The molecule has 0 aliphatic heterocycles. The number of ether oxygens (including phenoxy) is 1. The molecule has 3 N–H and O–H groups in total. The Bertz CT molecular complexity index is 1240. The van der Waals surface area contributed by atoms with Gasteiger partial charge in [-0.2, -0.15) is 0 Å². The van der Waals surface area contributed by atoms with Gasteiger partial charge in [-0.1, -0.05) is 386 Å². The zero-order valence-electron chi connectivity index (χ0n) is 56.0. The molecule has 0 saturated heterocycles. The molecule has 2 atom stereocenters. The van der Waals surface area contributed by atoms with E-state index in [-0.39, 0.29) is 18.5 Å². The molecule has 6 heteroatoms. The highest BCUT2D eigenvalue weighted by molar-refractivity contribution is 5.76. The van der Waals surface area contributed by atoms with Gasteiger partial charge in [-0.3, -0.25) is 9.59 Å². The van der Waals surface area contributed by atoms with Crippen LogP contribution in [0.5, 0.6) is 0 Å². The van der Waals surface area contributed by atoms with Crippen LogP contribution in [-0.2, 0) is 14.3 Å². The monoisotopic (exact) mass is 1160 g/mol. The molecule has 0 spiro atoms. The second-order valence-electron chi connectivity index (χ2n) is 26.3. The molecular formula is C76H149NO5. The van der Waals surface area contributed by atoms with Gasteiger partial charge in [0.25, 0.3) is 0 Å². The number of unbranched alkanes of at least 4 members (excludes halogenated alkanes) is 59. The number of allylic oxidation sites excluding steroid dienone is 2. The molecular weight excluding hydrogens is 1010 g/mol. The molecule has 0 radical (unpaired) electrons. The lowest BCUT2D eigenvalue weighted by molar-refractivity contribution is -0.143. The molecule has 6 nitrogen and oxygen atoms in total. The molecule has 0 fully saturated rings. The number of hydrogen-bond acceptors (Lipinski definition) is 5. The molecule has 1 amide bonds. The quantitative estimate of drug-likeness (QED) is 0.0320. The fourth-order valence-electron chi connectivity index (χ4n) is 12.3. The molecule has 488 valence electrons. The van der Waals surface area contributed by atoms with E-state index in [1.165, 1.54) is 360 Å². The Balaban J connectivity index is 3.34. The molecule has 0 bridgehead atoms. The van der Waals surface area contributed by atoms with E-state index in [2.05, 4.69) is 31.3 Å². The van der Waals surface area contributed by atoms with Crippen LogP contribution in [0.2, 0.25) is 0 Å². The summed E-state index contributed by atoms with van der Waals surface area (Å²) in [5.41, 5.74) is 0. The highest BCUT2D eigenvalue weighted by Crippen LogP contribution is 2.20. The summed E-state index contributed by atoms with van der Waals surface area (Å²) >= 11 is 0. The van der Waals surface area contributed by atoms with Gasteiger partial charge in [0.2, 0.25) is 5.91 Å². The molecule has 0 rings (SSSR count). The molecule has 82 heavy (non-hydrogen) atoms. The van der Waals surface area contributed by atoms with E-state index >= 15 is 0 Å². The predicted octanol–water partition coefficient (Wildman–Crippen LogP) is 24.7. The van der Waals surface area contributed by atoms with Gasteiger partial charge in [-0.25, -0.2) is 0 Å². The number of rotatable bonds is 72. The lowest BCUT2D eigenvalue weighted by Gasteiger charge is -2.22. The summed E-state index contributed by atoms with van der Waals surface area (Å²) in [7, 11) is 0. The maximum atomic E-state index is 12.6. The third-order valence-electron chi connectivity index (χ3n) is 18.1. The highest BCUT2D eigenvalue weighted by atomic mass is 16.5. The van der Waals surface area contributed by atoms with Crippen LogP contribution in [0, 0.1) is 0 Å². The summed E-state index contributed by atoms with van der Waals surface area (Å²) in [5.74, 6) is -0.0106. The number of aliphatic hydroxyl groups is 2. The van der Waals surface area contributed by atoms with Crippen molar-refractivity contribution in [1.82, 2.24) is 5.32 Å². The van der Waals surface area contributed by atoms with E-state index in [1.807, 2.05) is 0 Å². The van der Waals surface area contributed by atoms with Gasteiger partial charge < -0.3 is 20.3 Å². The first kappa shape index (κ1) is 80.6. The van der Waals surface area contributed by atoms with Crippen molar-refractivity contribution in [1.29, 1.82) is 0 Å². The van der Waals surface area contributed by atoms with Crippen molar-refractivity contribution < 1.29 is 24.5 Å². The maximum Gasteiger partial charge on any atom is 0.305 e. The summed E-state index contributed by atoms with van der Waals surface area (Å²) in [6, 6.07) is -0.540. The minimum absolute atomic E-state index is 0.0165. The zero-order valence-corrected chi connectivity index (χ0v) is 56.0. The van der Waals surface area contributed by atoms with Crippen molar-refractivity contribution >= 4 is 11.9 Å². The second kappa shape index (κ2) is 72.1. The number of carbonyl (C=O) groups is 2. The molecule has 2 unspecified atom stereocenters. The normalized spacial score (nSPS) is 12.5. The van der Waals surface area contributed by atoms with E-state index in [9.17, 15) is 19.8 Å². The van der Waals surface area contributed by atoms with Gasteiger partial charge in [-0.05, 0) is 51.4 Å². The van der Waals surface area contributed by atoms with Crippen molar-refractivity contribution in [3.8, 4) is 0 Å². The molecule has 0 aliphatic carbocycles. The molecule has 0 aromatic carbocycles. The maximum absolute atomic E-state index is 12.6. The Morgan fingerprint density at radius 1 is 0.329 bits per heavy atom.